The molecule has 0 saturated heterocycles. The third-order valence-corrected chi connectivity index (χ3v) is 3.08. The van der Waals surface area contributed by atoms with Crippen LogP contribution in [0.2, 0.25) is 0 Å². The smallest absolute Gasteiger partial charge is 0.123 e. The molecule has 0 aliphatic heterocycles. The Labute approximate surface area is 113 Å². The van der Waals surface area contributed by atoms with Crippen molar-refractivity contribution in [2.24, 2.45) is 0 Å². The van der Waals surface area contributed by atoms with Crippen LogP contribution in [0.1, 0.15) is 30.5 Å². The predicted octanol–water partition coefficient (Wildman–Crippen LogP) is 3.50. The van der Waals surface area contributed by atoms with Gasteiger partial charge in [0.15, 0.2) is 0 Å². The molecule has 2 nitrogen and oxygen atoms in total. The molecule has 1 atom stereocenters. The van der Waals surface area contributed by atoms with Crippen molar-refractivity contribution in [2.45, 2.75) is 25.8 Å². The van der Waals surface area contributed by atoms with Gasteiger partial charge in [-0.15, -0.1) is 0 Å². The number of benzene rings is 1. The summed E-state index contributed by atoms with van der Waals surface area (Å²) in [6.07, 6.45) is 5.48. The van der Waals surface area contributed by atoms with Crippen LogP contribution in [0.4, 0.5) is 4.39 Å². The van der Waals surface area contributed by atoms with E-state index in [1.807, 2.05) is 18.2 Å². The van der Waals surface area contributed by atoms with Crippen molar-refractivity contribution in [1.82, 2.24) is 10.3 Å². The molecule has 0 aliphatic rings. The van der Waals surface area contributed by atoms with E-state index in [0.717, 1.165) is 24.9 Å². The first-order valence-corrected chi connectivity index (χ1v) is 6.67. The van der Waals surface area contributed by atoms with Crippen LogP contribution >= 0.6 is 0 Å². The minimum atomic E-state index is -0.185. The van der Waals surface area contributed by atoms with Gasteiger partial charge in [0, 0.05) is 18.4 Å². The second kappa shape index (κ2) is 7.00. The van der Waals surface area contributed by atoms with Crippen molar-refractivity contribution < 1.29 is 4.39 Å². The molecule has 0 bridgehead atoms. The highest BCUT2D eigenvalue weighted by Crippen LogP contribution is 2.19. The van der Waals surface area contributed by atoms with E-state index in [1.54, 1.807) is 24.5 Å². The largest absolute Gasteiger partial charge is 0.310 e. The fourth-order valence-corrected chi connectivity index (χ4v) is 2.10. The molecular weight excluding hydrogens is 239 g/mol. The maximum atomic E-state index is 13.4. The minimum Gasteiger partial charge on any atom is -0.310 e. The van der Waals surface area contributed by atoms with Crippen molar-refractivity contribution in [3.63, 3.8) is 0 Å². The first-order valence-electron chi connectivity index (χ1n) is 6.67. The van der Waals surface area contributed by atoms with Crippen molar-refractivity contribution >= 4 is 0 Å². The molecule has 0 saturated carbocycles. The number of nitrogens with one attached hydrogen (secondary N) is 1. The van der Waals surface area contributed by atoms with Crippen LogP contribution in [0.5, 0.6) is 0 Å². The van der Waals surface area contributed by atoms with Gasteiger partial charge in [-0.25, -0.2) is 4.39 Å². The Morgan fingerprint density at radius 1 is 1.21 bits per heavy atom. The van der Waals surface area contributed by atoms with Crippen molar-refractivity contribution in [2.75, 3.05) is 6.54 Å². The van der Waals surface area contributed by atoms with Gasteiger partial charge in [0.25, 0.3) is 0 Å². The van der Waals surface area contributed by atoms with Crippen LogP contribution in [0.15, 0.2) is 48.8 Å². The number of pyridine rings is 1. The van der Waals surface area contributed by atoms with Gasteiger partial charge in [0.1, 0.15) is 5.82 Å². The number of hydrogen-bond donors (Lipinski definition) is 1. The van der Waals surface area contributed by atoms with Crippen LogP contribution in [0.3, 0.4) is 0 Å². The first kappa shape index (κ1) is 13.7. The summed E-state index contributed by atoms with van der Waals surface area (Å²) < 4.78 is 13.4. The summed E-state index contributed by atoms with van der Waals surface area (Å²) in [5.74, 6) is -0.185. The molecule has 1 aromatic heterocycles. The van der Waals surface area contributed by atoms with Crippen molar-refractivity contribution in [3.8, 4) is 0 Å². The molecule has 0 amide bonds. The normalized spacial score (nSPS) is 12.3. The Morgan fingerprint density at radius 2 is 2.00 bits per heavy atom. The topological polar surface area (TPSA) is 24.9 Å². The van der Waals surface area contributed by atoms with E-state index in [1.165, 1.54) is 11.6 Å². The Bertz CT molecular complexity index is 499. The van der Waals surface area contributed by atoms with E-state index in [2.05, 4.69) is 17.2 Å². The molecule has 1 aromatic carbocycles. The van der Waals surface area contributed by atoms with Gasteiger partial charge < -0.3 is 5.32 Å². The molecule has 1 unspecified atom stereocenters. The average Bonchev–Trinajstić information content (AvgIpc) is 2.44. The quantitative estimate of drug-likeness (QED) is 0.857. The zero-order chi connectivity index (χ0) is 13.5. The van der Waals surface area contributed by atoms with Crippen LogP contribution in [-0.2, 0) is 6.42 Å². The summed E-state index contributed by atoms with van der Waals surface area (Å²) in [6, 6.07) is 11.0. The maximum Gasteiger partial charge on any atom is 0.123 e. The third-order valence-electron chi connectivity index (χ3n) is 3.08. The number of nitrogens with zero attached hydrogens (tertiary/aromatic N) is 1. The molecule has 2 aromatic rings. The lowest BCUT2D eigenvalue weighted by Gasteiger charge is -2.19. The second-order valence-corrected chi connectivity index (χ2v) is 4.62. The van der Waals surface area contributed by atoms with Crippen LogP contribution in [0, 0.1) is 5.82 Å². The number of hydrogen-bond acceptors (Lipinski definition) is 2. The van der Waals surface area contributed by atoms with Gasteiger partial charge in [0.2, 0.25) is 0 Å². The van der Waals surface area contributed by atoms with E-state index < -0.39 is 0 Å². The van der Waals surface area contributed by atoms with E-state index in [-0.39, 0.29) is 11.9 Å². The number of rotatable bonds is 6. The Hall–Kier alpha value is -1.74. The Kier molecular flexibility index (Phi) is 5.04. The zero-order valence-electron chi connectivity index (χ0n) is 11.1. The summed E-state index contributed by atoms with van der Waals surface area (Å²) in [5, 5.41) is 3.47. The van der Waals surface area contributed by atoms with Gasteiger partial charge in [-0.2, -0.15) is 0 Å². The van der Waals surface area contributed by atoms with Crippen LogP contribution in [0.25, 0.3) is 0 Å². The highest BCUT2D eigenvalue weighted by atomic mass is 19.1. The van der Waals surface area contributed by atoms with Gasteiger partial charge in [-0.3, -0.25) is 4.98 Å². The molecule has 1 heterocycles. The summed E-state index contributed by atoms with van der Waals surface area (Å²) in [7, 11) is 0. The van der Waals surface area contributed by atoms with E-state index in [0.29, 0.717) is 0 Å². The lowest BCUT2D eigenvalue weighted by molar-refractivity contribution is 0.524. The van der Waals surface area contributed by atoms with Gasteiger partial charge in [-0.05, 0) is 54.8 Å². The van der Waals surface area contributed by atoms with Gasteiger partial charge >= 0.3 is 0 Å². The zero-order valence-corrected chi connectivity index (χ0v) is 11.1. The monoisotopic (exact) mass is 258 g/mol. The molecule has 0 spiro atoms. The fourth-order valence-electron chi connectivity index (χ4n) is 2.10. The summed E-state index contributed by atoms with van der Waals surface area (Å²) in [5.41, 5.74) is 2.19. The van der Waals surface area contributed by atoms with E-state index in [4.69, 9.17) is 0 Å². The molecule has 2 rings (SSSR count). The fraction of sp³-hybridized carbons (Fsp3) is 0.312. The third kappa shape index (κ3) is 4.14. The predicted molar refractivity (Wildman–Crippen MR) is 75.4 cm³/mol. The average molecular weight is 258 g/mol. The van der Waals surface area contributed by atoms with Crippen molar-refractivity contribution in [3.05, 3.63) is 65.7 Å². The van der Waals surface area contributed by atoms with Crippen LogP contribution in [-0.4, -0.2) is 11.5 Å². The van der Waals surface area contributed by atoms with Crippen LogP contribution < -0.4 is 5.32 Å². The van der Waals surface area contributed by atoms with E-state index in [9.17, 15) is 4.39 Å². The highest BCUT2D eigenvalue weighted by molar-refractivity contribution is 5.23. The molecular formula is C16H19FN2. The molecule has 0 radical (unpaired) electrons. The molecule has 0 aliphatic carbocycles. The van der Waals surface area contributed by atoms with Gasteiger partial charge in [0.05, 0.1) is 0 Å². The van der Waals surface area contributed by atoms with Crippen molar-refractivity contribution in [1.29, 1.82) is 0 Å². The first-order chi connectivity index (χ1) is 9.29. The summed E-state index contributed by atoms with van der Waals surface area (Å²) in [6.45, 7) is 3.05. The summed E-state index contributed by atoms with van der Waals surface area (Å²) >= 11 is 0. The molecule has 100 valence electrons. The summed E-state index contributed by atoms with van der Waals surface area (Å²) in [4.78, 5) is 4.02. The SMILES string of the molecule is CCCNC(Cc1ccncc1)c1cccc(F)c1. The molecule has 1 N–H and O–H groups in total. The lowest BCUT2D eigenvalue weighted by atomic mass is 9.99. The number of aromatic nitrogens is 1. The molecule has 19 heavy (non-hydrogen) atoms. The standard InChI is InChI=1S/C16H19FN2/c1-2-8-19-16(11-13-6-9-18-10-7-13)14-4-3-5-15(17)12-14/h3-7,9-10,12,16,19H,2,8,11H2,1H3. The molecule has 3 heteroatoms. The minimum absolute atomic E-state index is 0.137. The Balaban J connectivity index is 2.16. The lowest BCUT2D eigenvalue weighted by Crippen LogP contribution is -2.24. The maximum absolute atomic E-state index is 13.4. The molecule has 0 fully saturated rings. The number of halogens is 1. The van der Waals surface area contributed by atoms with E-state index >= 15 is 0 Å². The Morgan fingerprint density at radius 3 is 2.68 bits per heavy atom. The second-order valence-electron chi connectivity index (χ2n) is 4.62. The van der Waals surface area contributed by atoms with Gasteiger partial charge in [-0.1, -0.05) is 19.1 Å². The highest BCUT2D eigenvalue weighted by Gasteiger charge is 2.12.